The van der Waals surface area contributed by atoms with Gasteiger partial charge in [0.1, 0.15) is 0 Å². The van der Waals surface area contributed by atoms with Crippen LogP contribution in [0.15, 0.2) is 0 Å². The van der Waals surface area contributed by atoms with Crippen molar-refractivity contribution in [2.24, 2.45) is 17.8 Å². The molecule has 0 aromatic carbocycles. The molecule has 1 rings (SSSR count). The number of ether oxygens (including phenoxy) is 1. The average molecular weight is 371 g/mol. The summed E-state index contributed by atoms with van der Waals surface area (Å²) in [5.41, 5.74) is 0. The highest BCUT2D eigenvalue weighted by Crippen LogP contribution is 2.42. The van der Waals surface area contributed by atoms with E-state index in [2.05, 4.69) is 40.8 Å². The fraction of sp³-hybridized carbons (Fsp3) is 0.952. The third-order valence-electron chi connectivity index (χ3n) is 6.69. The molecule has 0 radical (unpaired) electrons. The topological polar surface area (TPSA) is 35.5 Å². The predicted octanol–water partition coefficient (Wildman–Crippen LogP) is 6.18. The van der Waals surface area contributed by atoms with Crippen LogP contribution in [0, 0.1) is 17.8 Å². The van der Waals surface area contributed by atoms with E-state index < -0.39 is 8.32 Å². The van der Waals surface area contributed by atoms with Crippen molar-refractivity contribution in [2.75, 3.05) is 13.7 Å². The van der Waals surface area contributed by atoms with E-state index in [1.165, 1.54) is 39.2 Å². The van der Waals surface area contributed by atoms with Crippen LogP contribution in [0.1, 0.15) is 79.1 Å². The van der Waals surface area contributed by atoms with Crippen molar-refractivity contribution in [3.63, 3.8) is 0 Å². The zero-order chi connectivity index (χ0) is 19.1. The van der Waals surface area contributed by atoms with Gasteiger partial charge in [-0.25, -0.2) is 0 Å². The first-order valence-electron chi connectivity index (χ1n) is 10.3. The Morgan fingerprint density at radius 1 is 1.08 bits per heavy atom. The number of hydrogen-bond donors (Lipinski definition) is 0. The van der Waals surface area contributed by atoms with E-state index in [9.17, 15) is 4.79 Å². The Bertz CT molecular complexity index is 400. The van der Waals surface area contributed by atoms with Gasteiger partial charge in [-0.3, -0.25) is 4.79 Å². The van der Waals surface area contributed by atoms with Crippen molar-refractivity contribution < 1.29 is 14.0 Å². The number of methoxy groups -OCH3 is 1. The maximum atomic E-state index is 11.1. The van der Waals surface area contributed by atoms with Crippen LogP contribution < -0.4 is 0 Å². The SMILES string of the molecule is COC(=O)CCCCCC[C@@H]1[C@@H](CO[Si](C)(C)C(C)(C)C)CC[C@@H]1C. The van der Waals surface area contributed by atoms with Crippen LogP contribution in [0.4, 0.5) is 0 Å². The molecule has 148 valence electrons. The number of hydrogen-bond acceptors (Lipinski definition) is 3. The molecule has 0 bridgehead atoms. The number of carbonyl (C=O) groups is 1. The van der Waals surface area contributed by atoms with Crippen molar-refractivity contribution in [3.8, 4) is 0 Å². The average Bonchev–Trinajstić information content (AvgIpc) is 2.87. The molecule has 1 fully saturated rings. The molecule has 0 aromatic rings. The van der Waals surface area contributed by atoms with Gasteiger partial charge in [0.25, 0.3) is 0 Å². The molecule has 0 amide bonds. The van der Waals surface area contributed by atoms with E-state index in [1.54, 1.807) is 0 Å². The Morgan fingerprint density at radius 3 is 2.32 bits per heavy atom. The Labute approximate surface area is 157 Å². The molecule has 0 N–H and O–H groups in total. The van der Waals surface area contributed by atoms with Crippen LogP contribution in [0.25, 0.3) is 0 Å². The highest BCUT2D eigenvalue weighted by atomic mass is 28.4. The summed E-state index contributed by atoms with van der Waals surface area (Å²) in [7, 11) is -0.163. The van der Waals surface area contributed by atoms with Crippen molar-refractivity contribution in [1.82, 2.24) is 0 Å². The van der Waals surface area contributed by atoms with Crippen molar-refractivity contribution in [3.05, 3.63) is 0 Å². The number of unbranched alkanes of at least 4 members (excludes halogenated alkanes) is 3. The molecule has 1 saturated carbocycles. The molecule has 0 spiro atoms. The van der Waals surface area contributed by atoms with Gasteiger partial charge < -0.3 is 9.16 Å². The van der Waals surface area contributed by atoms with Crippen molar-refractivity contribution >= 4 is 14.3 Å². The zero-order valence-corrected chi connectivity index (χ0v) is 18.8. The van der Waals surface area contributed by atoms with Crippen LogP contribution >= 0.6 is 0 Å². The predicted molar refractivity (Wildman–Crippen MR) is 108 cm³/mol. The quantitative estimate of drug-likeness (QED) is 0.261. The zero-order valence-electron chi connectivity index (χ0n) is 17.8. The molecule has 3 atom stereocenters. The molecule has 1 aliphatic carbocycles. The molecular weight excluding hydrogens is 328 g/mol. The molecule has 0 aliphatic heterocycles. The largest absolute Gasteiger partial charge is 0.469 e. The molecule has 0 heterocycles. The summed E-state index contributed by atoms with van der Waals surface area (Å²) in [4.78, 5) is 11.1. The van der Waals surface area contributed by atoms with E-state index in [1.807, 2.05) is 0 Å². The first kappa shape index (κ1) is 22.7. The monoisotopic (exact) mass is 370 g/mol. The van der Waals surface area contributed by atoms with E-state index in [0.717, 1.165) is 37.2 Å². The van der Waals surface area contributed by atoms with E-state index in [4.69, 9.17) is 9.16 Å². The maximum absolute atomic E-state index is 11.1. The Hall–Kier alpha value is -0.353. The van der Waals surface area contributed by atoms with Gasteiger partial charge in [-0.1, -0.05) is 53.4 Å². The maximum Gasteiger partial charge on any atom is 0.305 e. The van der Waals surface area contributed by atoms with E-state index in [-0.39, 0.29) is 5.97 Å². The molecule has 0 aromatic heterocycles. The third-order valence-corrected chi connectivity index (χ3v) is 11.2. The molecule has 0 unspecified atom stereocenters. The van der Waals surface area contributed by atoms with Gasteiger partial charge >= 0.3 is 5.97 Å². The van der Waals surface area contributed by atoms with Crippen LogP contribution in [-0.4, -0.2) is 28.0 Å². The smallest absolute Gasteiger partial charge is 0.305 e. The fourth-order valence-corrected chi connectivity index (χ4v) is 4.80. The second-order valence-corrected chi connectivity index (χ2v) is 14.4. The van der Waals surface area contributed by atoms with Gasteiger partial charge in [-0.05, 0) is 55.1 Å². The molecule has 1 aliphatic rings. The van der Waals surface area contributed by atoms with Gasteiger partial charge in [0.2, 0.25) is 0 Å². The fourth-order valence-electron chi connectivity index (χ4n) is 3.73. The van der Waals surface area contributed by atoms with Crippen LogP contribution in [0.5, 0.6) is 0 Å². The van der Waals surface area contributed by atoms with E-state index in [0.29, 0.717) is 11.5 Å². The highest BCUT2D eigenvalue weighted by Gasteiger charge is 2.39. The first-order chi connectivity index (χ1) is 11.6. The molecular formula is C21H42O3Si. The summed E-state index contributed by atoms with van der Waals surface area (Å²) < 4.78 is 11.2. The standard InChI is InChI=1S/C21H42O3Si/c1-17-14-15-18(16-24-25(6,7)21(2,3)4)19(17)12-10-8-9-11-13-20(22)23-5/h17-19H,8-16H2,1-7H3/t17-,18+,19-/m0/s1. The van der Waals surface area contributed by atoms with Crippen LogP contribution in [-0.2, 0) is 14.0 Å². The summed E-state index contributed by atoms with van der Waals surface area (Å²) >= 11 is 0. The van der Waals surface area contributed by atoms with Crippen LogP contribution in [0.3, 0.4) is 0 Å². The van der Waals surface area contributed by atoms with Crippen LogP contribution in [0.2, 0.25) is 18.1 Å². The Balaban J connectivity index is 2.33. The lowest BCUT2D eigenvalue weighted by Gasteiger charge is -2.37. The number of carbonyl (C=O) groups excluding carboxylic acids is 1. The second-order valence-electron chi connectivity index (χ2n) is 9.58. The number of rotatable bonds is 10. The lowest BCUT2D eigenvalue weighted by atomic mass is 9.86. The normalized spacial score (nSPS) is 24.5. The van der Waals surface area contributed by atoms with Crippen molar-refractivity contribution in [2.45, 2.75) is 97.2 Å². The highest BCUT2D eigenvalue weighted by molar-refractivity contribution is 6.74. The van der Waals surface area contributed by atoms with Gasteiger partial charge in [-0.15, -0.1) is 0 Å². The lowest BCUT2D eigenvalue weighted by Crippen LogP contribution is -2.42. The third kappa shape index (κ3) is 7.42. The summed E-state index contributed by atoms with van der Waals surface area (Å²) in [6, 6.07) is 0. The summed E-state index contributed by atoms with van der Waals surface area (Å²) in [6.45, 7) is 15.1. The van der Waals surface area contributed by atoms with Crippen molar-refractivity contribution in [1.29, 1.82) is 0 Å². The Kier molecular flexibility index (Phi) is 9.17. The summed E-state index contributed by atoms with van der Waals surface area (Å²) in [5, 5.41) is 0.298. The van der Waals surface area contributed by atoms with E-state index >= 15 is 0 Å². The molecule has 3 nitrogen and oxygen atoms in total. The second kappa shape index (κ2) is 10.1. The first-order valence-corrected chi connectivity index (χ1v) is 13.2. The van der Waals surface area contributed by atoms with Gasteiger partial charge in [0, 0.05) is 13.0 Å². The van der Waals surface area contributed by atoms with Gasteiger partial charge in [0.05, 0.1) is 7.11 Å². The van der Waals surface area contributed by atoms with Gasteiger partial charge in [0.15, 0.2) is 8.32 Å². The van der Waals surface area contributed by atoms with Gasteiger partial charge in [-0.2, -0.15) is 0 Å². The molecule has 0 saturated heterocycles. The minimum absolute atomic E-state index is 0.0766. The summed E-state index contributed by atoms with van der Waals surface area (Å²) in [5.74, 6) is 2.33. The molecule has 4 heteroatoms. The summed E-state index contributed by atoms with van der Waals surface area (Å²) in [6.07, 6.45) is 9.21. The lowest BCUT2D eigenvalue weighted by molar-refractivity contribution is -0.140. The minimum Gasteiger partial charge on any atom is -0.469 e. The number of esters is 1. The minimum atomic E-state index is -1.63. The molecule has 25 heavy (non-hydrogen) atoms. The Morgan fingerprint density at radius 2 is 1.72 bits per heavy atom.